The van der Waals surface area contributed by atoms with E-state index in [2.05, 4.69) is 5.32 Å². The molecule has 0 radical (unpaired) electrons. The Morgan fingerprint density at radius 2 is 1.71 bits per heavy atom. The number of aromatic hydroxyl groups is 2. The number of nitrogens with one attached hydrogen (secondary N) is 1. The first-order valence-corrected chi connectivity index (χ1v) is 4.17. The highest BCUT2D eigenvalue weighted by molar-refractivity contribution is 5.52. The van der Waals surface area contributed by atoms with Crippen LogP contribution in [0.15, 0.2) is 18.2 Å². The average molecular weight is 199 g/mol. The molecule has 1 atom stereocenters. The van der Waals surface area contributed by atoms with Crippen molar-refractivity contribution < 1.29 is 20.4 Å². The lowest BCUT2D eigenvalue weighted by Gasteiger charge is -2.10. The van der Waals surface area contributed by atoms with Crippen molar-refractivity contribution in [2.45, 2.75) is 6.10 Å². The molecule has 0 saturated carbocycles. The maximum absolute atomic E-state index is 9.10. The Labute approximate surface area is 81.3 Å². The molecule has 0 fully saturated rings. The molecule has 0 aliphatic carbocycles. The van der Waals surface area contributed by atoms with Crippen molar-refractivity contribution in [1.82, 2.24) is 0 Å². The molecule has 0 aromatic heterocycles. The zero-order valence-electron chi connectivity index (χ0n) is 7.51. The van der Waals surface area contributed by atoms with Crippen LogP contribution >= 0.6 is 0 Å². The number of rotatable bonds is 4. The van der Waals surface area contributed by atoms with Crippen molar-refractivity contribution in [3.63, 3.8) is 0 Å². The molecule has 1 rings (SSSR count). The van der Waals surface area contributed by atoms with Crippen LogP contribution in [-0.4, -0.2) is 39.7 Å². The summed E-state index contributed by atoms with van der Waals surface area (Å²) in [5.74, 6) is -0.128. The van der Waals surface area contributed by atoms with Gasteiger partial charge in [0.1, 0.15) is 11.5 Å². The van der Waals surface area contributed by atoms with E-state index in [0.717, 1.165) is 0 Å². The summed E-state index contributed by atoms with van der Waals surface area (Å²) in [5.41, 5.74) is 0.481. The summed E-state index contributed by atoms with van der Waals surface area (Å²) in [7, 11) is 0. The smallest absolute Gasteiger partial charge is 0.121 e. The number of anilines is 1. The normalized spacial score (nSPS) is 12.4. The van der Waals surface area contributed by atoms with Crippen molar-refractivity contribution in [3.8, 4) is 11.5 Å². The Morgan fingerprint density at radius 1 is 1.14 bits per heavy atom. The molecule has 5 nitrogen and oxygen atoms in total. The van der Waals surface area contributed by atoms with Crippen LogP contribution in [0.3, 0.4) is 0 Å². The Hall–Kier alpha value is -1.46. The third-order valence-electron chi connectivity index (χ3n) is 1.66. The molecule has 5 N–H and O–H groups in total. The van der Waals surface area contributed by atoms with Gasteiger partial charge >= 0.3 is 0 Å². The van der Waals surface area contributed by atoms with Crippen LogP contribution in [0, 0.1) is 0 Å². The van der Waals surface area contributed by atoms with Crippen molar-refractivity contribution in [1.29, 1.82) is 0 Å². The van der Waals surface area contributed by atoms with Gasteiger partial charge in [-0.15, -0.1) is 0 Å². The minimum absolute atomic E-state index is 0.0639. The van der Waals surface area contributed by atoms with E-state index in [0.29, 0.717) is 5.69 Å². The second-order valence-electron chi connectivity index (χ2n) is 2.96. The molecular formula is C9H13NO4. The van der Waals surface area contributed by atoms with Gasteiger partial charge in [0.25, 0.3) is 0 Å². The van der Waals surface area contributed by atoms with Crippen LogP contribution in [0.5, 0.6) is 11.5 Å². The van der Waals surface area contributed by atoms with E-state index in [1.807, 2.05) is 0 Å². The van der Waals surface area contributed by atoms with Gasteiger partial charge in [-0.3, -0.25) is 0 Å². The molecule has 0 aliphatic heterocycles. The highest BCUT2D eigenvalue weighted by Crippen LogP contribution is 2.23. The molecular weight excluding hydrogens is 186 g/mol. The number of hydrogen-bond acceptors (Lipinski definition) is 5. The van der Waals surface area contributed by atoms with Gasteiger partial charge in [-0.2, -0.15) is 0 Å². The Balaban J connectivity index is 2.58. The van der Waals surface area contributed by atoms with Crippen molar-refractivity contribution in [2.24, 2.45) is 0 Å². The predicted octanol–water partition coefficient (Wildman–Crippen LogP) is -0.137. The Bertz CT molecular complexity index is 283. The standard InChI is InChI=1S/C9H13NO4/c11-5-9(14)4-10-6-1-7(12)3-8(13)2-6/h1-3,9-14H,4-5H2. The van der Waals surface area contributed by atoms with E-state index in [1.165, 1.54) is 18.2 Å². The van der Waals surface area contributed by atoms with Crippen LogP contribution in [0.1, 0.15) is 0 Å². The second-order valence-corrected chi connectivity index (χ2v) is 2.96. The van der Waals surface area contributed by atoms with Crippen LogP contribution in [0.25, 0.3) is 0 Å². The molecule has 1 aromatic rings. The van der Waals surface area contributed by atoms with Gasteiger partial charge in [-0.25, -0.2) is 0 Å². The van der Waals surface area contributed by atoms with E-state index in [4.69, 9.17) is 20.4 Å². The maximum Gasteiger partial charge on any atom is 0.121 e. The van der Waals surface area contributed by atoms with Crippen LogP contribution < -0.4 is 5.32 Å². The number of aliphatic hydroxyl groups excluding tert-OH is 2. The Morgan fingerprint density at radius 3 is 2.21 bits per heavy atom. The molecule has 0 aliphatic rings. The largest absolute Gasteiger partial charge is 0.508 e. The molecule has 0 bridgehead atoms. The minimum atomic E-state index is -0.862. The lowest BCUT2D eigenvalue weighted by molar-refractivity contribution is 0.105. The fourth-order valence-corrected chi connectivity index (χ4v) is 0.997. The van der Waals surface area contributed by atoms with E-state index in [1.54, 1.807) is 0 Å². The molecule has 0 saturated heterocycles. The zero-order chi connectivity index (χ0) is 10.6. The summed E-state index contributed by atoms with van der Waals surface area (Å²) < 4.78 is 0. The summed E-state index contributed by atoms with van der Waals surface area (Å²) >= 11 is 0. The number of phenols is 2. The fraction of sp³-hybridized carbons (Fsp3) is 0.333. The lowest BCUT2D eigenvalue weighted by atomic mass is 10.2. The lowest BCUT2D eigenvalue weighted by Crippen LogP contribution is -2.22. The van der Waals surface area contributed by atoms with Gasteiger partial charge in [0, 0.05) is 30.4 Å². The quantitative estimate of drug-likeness (QED) is 0.465. The van der Waals surface area contributed by atoms with E-state index >= 15 is 0 Å². The number of benzene rings is 1. The van der Waals surface area contributed by atoms with Crippen molar-refractivity contribution in [2.75, 3.05) is 18.5 Å². The van der Waals surface area contributed by atoms with Gasteiger partial charge < -0.3 is 25.7 Å². The summed E-state index contributed by atoms with van der Waals surface area (Å²) in [4.78, 5) is 0. The molecule has 1 unspecified atom stereocenters. The minimum Gasteiger partial charge on any atom is -0.508 e. The second kappa shape index (κ2) is 4.69. The molecule has 14 heavy (non-hydrogen) atoms. The van der Waals surface area contributed by atoms with E-state index in [-0.39, 0.29) is 24.7 Å². The first-order chi connectivity index (χ1) is 6.61. The fourth-order valence-electron chi connectivity index (χ4n) is 0.997. The number of aliphatic hydroxyl groups is 2. The molecule has 1 aromatic carbocycles. The van der Waals surface area contributed by atoms with Gasteiger partial charge in [-0.1, -0.05) is 0 Å². The van der Waals surface area contributed by atoms with Crippen LogP contribution in [0.4, 0.5) is 5.69 Å². The van der Waals surface area contributed by atoms with Crippen molar-refractivity contribution in [3.05, 3.63) is 18.2 Å². The van der Waals surface area contributed by atoms with E-state index < -0.39 is 6.10 Å². The summed E-state index contributed by atoms with van der Waals surface area (Å²) in [6.45, 7) is -0.183. The number of phenolic OH excluding ortho intramolecular Hbond substituents is 2. The molecule has 0 heterocycles. The van der Waals surface area contributed by atoms with Gasteiger partial charge in [0.05, 0.1) is 12.7 Å². The van der Waals surface area contributed by atoms with E-state index in [9.17, 15) is 0 Å². The highest BCUT2D eigenvalue weighted by Gasteiger charge is 2.02. The third-order valence-corrected chi connectivity index (χ3v) is 1.66. The zero-order valence-corrected chi connectivity index (χ0v) is 7.51. The predicted molar refractivity (Wildman–Crippen MR) is 51.4 cm³/mol. The topological polar surface area (TPSA) is 93.0 Å². The highest BCUT2D eigenvalue weighted by atomic mass is 16.3. The SMILES string of the molecule is OCC(O)CNc1cc(O)cc(O)c1. The summed E-state index contributed by atoms with van der Waals surface area (Å²) in [5, 5.41) is 38.5. The molecule has 0 amide bonds. The molecule has 5 heteroatoms. The van der Waals surface area contributed by atoms with Crippen molar-refractivity contribution >= 4 is 5.69 Å². The van der Waals surface area contributed by atoms with Gasteiger partial charge in [0.2, 0.25) is 0 Å². The summed E-state index contributed by atoms with van der Waals surface area (Å²) in [6, 6.07) is 4.02. The summed E-state index contributed by atoms with van der Waals surface area (Å²) in [6.07, 6.45) is -0.862. The van der Waals surface area contributed by atoms with Crippen LogP contribution in [-0.2, 0) is 0 Å². The first-order valence-electron chi connectivity index (χ1n) is 4.17. The Kier molecular flexibility index (Phi) is 3.55. The van der Waals surface area contributed by atoms with Gasteiger partial charge in [-0.05, 0) is 0 Å². The number of hydrogen-bond donors (Lipinski definition) is 5. The van der Waals surface area contributed by atoms with Gasteiger partial charge in [0.15, 0.2) is 0 Å². The molecule has 78 valence electrons. The average Bonchev–Trinajstić information content (AvgIpc) is 2.12. The van der Waals surface area contributed by atoms with Crippen LogP contribution in [0.2, 0.25) is 0 Å². The maximum atomic E-state index is 9.10. The monoisotopic (exact) mass is 199 g/mol. The molecule has 0 spiro atoms. The third kappa shape index (κ3) is 3.12. The first kappa shape index (κ1) is 10.6.